The zero-order valence-electron chi connectivity index (χ0n) is 18.3. The van der Waals surface area contributed by atoms with Crippen molar-refractivity contribution in [1.29, 1.82) is 0 Å². The van der Waals surface area contributed by atoms with Crippen LogP contribution in [0.15, 0.2) is 79.1 Å². The molecule has 0 atom stereocenters. The summed E-state index contributed by atoms with van der Waals surface area (Å²) >= 11 is 2.97. The molecule has 1 aliphatic rings. The monoisotopic (exact) mass is 488 g/mol. The first kappa shape index (κ1) is 21.2. The number of ether oxygens (including phenoxy) is 1. The lowest BCUT2D eigenvalue weighted by Crippen LogP contribution is -2.21. The first-order chi connectivity index (χ1) is 16.6. The average Bonchev–Trinajstić information content (AvgIpc) is 3.61. The minimum Gasteiger partial charge on any atom is -0.497 e. The summed E-state index contributed by atoms with van der Waals surface area (Å²) in [5, 5.41) is 4.25. The molecule has 0 spiro atoms. The molecule has 6 nitrogen and oxygen atoms in total. The van der Waals surface area contributed by atoms with E-state index in [1.165, 1.54) is 29.2 Å². The first-order valence-electron chi connectivity index (χ1n) is 11.0. The Bertz CT molecular complexity index is 1650. The molecule has 1 fully saturated rings. The number of hydrogen-bond donors (Lipinski definition) is 0. The Morgan fingerprint density at radius 3 is 2.74 bits per heavy atom. The molecule has 2 aromatic carbocycles. The second-order valence-corrected chi connectivity index (χ2v) is 10.1. The fourth-order valence-corrected chi connectivity index (χ4v) is 6.25. The molecule has 0 unspecified atom stereocenters. The van der Waals surface area contributed by atoms with Gasteiger partial charge in [-0.1, -0.05) is 30.0 Å². The van der Waals surface area contributed by atoms with E-state index >= 15 is 0 Å². The van der Waals surface area contributed by atoms with Crippen LogP contribution >= 0.6 is 23.1 Å². The number of thiophene rings is 1. The Labute approximate surface area is 202 Å². The van der Waals surface area contributed by atoms with E-state index in [1.54, 1.807) is 17.7 Å². The molecule has 3 aromatic heterocycles. The third kappa shape index (κ3) is 3.73. The van der Waals surface area contributed by atoms with Crippen molar-refractivity contribution >= 4 is 44.3 Å². The van der Waals surface area contributed by atoms with Gasteiger partial charge >= 0.3 is 5.63 Å². The molecule has 0 radical (unpaired) electrons. The summed E-state index contributed by atoms with van der Waals surface area (Å²) in [5.41, 5.74) is 2.73. The second kappa shape index (κ2) is 8.45. The highest BCUT2D eigenvalue weighted by Crippen LogP contribution is 2.44. The molecule has 0 N–H and O–H groups in total. The highest BCUT2D eigenvalue weighted by atomic mass is 32.2. The summed E-state index contributed by atoms with van der Waals surface area (Å²) in [5.74, 6) is 1.55. The Morgan fingerprint density at radius 2 is 1.97 bits per heavy atom. The molecule has 0 bridgehead atoms. The first-order valence-corrected chi connectivity index (χ1v) is 12.8. The lowest BCUT2D eigenvalue weighted by Gasteiger charge is -2.13. The van der Waals surface area contributed by atoms with Gasteiger partial charge in [-0.25, -0.2) is 9.78 Å². The van der Waals surface area contributed by atoms with E-state index in [-0.39, 0.29) is 5.56 Å². The quantitative estimate of drug-likeness (QED) is 0.173. The topological polar surface area (TPSA) is 74.3 Å². The van der Waals surface area contributed by atoms with Gasteiger partial charge in [0.1, 0.15) is 16.2 Å². The Kier molecular flexibility index (Phi) is 5.27. The Morgan fingerprint density at radius 1 is 1.15 bits per heavy atom. The van der Waals surface area contributed by atoms with Gasteiger partial charge in [0.25, 0.3) is 5.56 Å². The molecule has 0 saturated heterocycles. The zero-order valence-corrected chi connectivity index (χ0v) is 19.9. The van der Waals surface area contributed by atoms with Gasteiger partial charge in [0, 0.05) is 23.3 Å². The van der Waals surface area contributed by atoms with E-state index in [0.717, 1.165) is 45.3 Å². The predicted octanol–water partition coefficient (Wildman–Crippen LogP) is 5.73. The van der Waals surface area contributed by atoms with Crippen molar-refractivity contribution in [2.24, 2.45) is 0 Å². The van der Waals surface area contributed by atoms with Crippen molar-refractivity contribution in [2.45, 2.75) is 29.7 Å². The lowest BCUT2D eigenvalue weighted by molar-refractivity contribution is 0.414. The van der Waals surface area contributed by atoms with Crippen LogP contribution in [0.4, 0.5) is 0 Å². The van der Waals surface area contributed by atoms with E-state index in [4.69, 9.17) is 14.1 Å². The van der Waals surface area contributed by atoms with Gasteiger partial charge < -0.3 is 9.15 Å². The van der Waals surface area contributed by atoms with E-state index in [9.17, 15) is 9.59 Å². The van der Waals surface area contributed by atoms with Crippen molar-refractivity contribution in [3.63, 3.8) is 0 Å². The maximum atomic E-state index is 13.7. The van der Waals surface area contributed by atoms with Gasteiger partial charge in [-0.2, -0.15) is 0 Å². The maximum absolute atomic E-state index is 13.7. The number of thioether (sulfide) groups is 1. The highest BCUT2D eigenvalue weighted by Gasteiger charge is 2.29. The van der Waals surface area contributed by atoms with Crippen molar-refractivity contribution in [3.8, 4) is 11.4 Å². The van der Waals surface area contributed by atoms with Crippen LogP contribution in [0.2, 0.25) is 0 Å². The molecule has 34 heavy (non-hydrogen) atoms. The predicted molar refractivity (Wildman–Crippen MR) is 136 cm³/mol. The Hall–Kier alpha value is -3.36. The third-order valence-corrected chi connectivity index (χ3v) is 7.91. The van der Waals surface area contributed by atoms with Crippen molar-refractivity contribution in [3.05, 3.63) is 91.9 Å². The summed E-state index contributed by atoms with van der Waals surface area (Å²) in [6.07, 6.45) is 2.25. The molecule has 0 amide bonds. The summed E-state index contributed by atoms with van der Waals surface area (Å²) in [6.45, 7) is 0. The fraction of sp³-hybridized carbons (Fsp3) is 0.192. The second-order valence-electron chi connectivity index (χ2n) is 8.26. The smallest absolute Gasteiger partial charge is 0.336 e. The number of fused-ring (bicyclic) bond motifs is 2. The van der Waals surface area contributed by atoms with Crippen LogP contribution in [0.25, 0.3) is 26.9 Å². The van der Waals surface area contributed by atoms with Crippen LogP contribution in [0.3, 0.4) is 0 Å². The molecule has 170 valence electrons. The standard InChI is InChI=1S/C26H20N2O4S2/c1-31-18-9-10-19-16(11-22(29)32-21(19)12-18)13-34-26-27-24-23(20(14-33-24)15-7-8-15)25(30)28(26)17-5-3-2-4-6-17/h2-6,9-12,14-15H,7-8,13H2,1H3. The SMILES string of the molecule is COc1ccc2c(CSc3nc4scc(C5CC5)c4c(=O)n3-c3ccccc3)cc(=O)oc2c1. The van der Waals surface area contributed by atoms with Crippen LogP contribution in [0.1, 0.15) is 29.9 Å². The summed E-state index contributed by atoms with van der Waals surface area (Å²) in [6, 6.07) is 16.5. The van der Waals surface area contributed by atoms with Gasteiger partial charge in [-0.3, -0.25) is 9.36 Å². The number of benzene rings is 2. The van der Waals surface area contributed by atoms with E-state index in [2.05, 4.69) is 5.38 Å². The van der Waals surface area contributed by atoms with Gasteiger partial charge in [0.05, 0.1) is 18.2 Å². The molecule has 5 aromatic rings. The Balaban J connectivity index is 1.47. The summed E-state index contributed by atoms with van der Waals surface area (Å²) in [4.78, 5) is 31.6. The number of hydrogen-bond acceptors (Lipinski definition) is 7. The van der Waals surface area contributed by atoms with E-state index in [0.29, 0.717) is 28.2 Å². The van der Waals surface area contributed by atoms with Gasteiger partial charge in [-0.15, -0.1) is 11.3 Å². The molecular weight excluding hydrogens is 468 g/mol. The molecule has 8 heteroatoms. The number of nitrogens with zero attached hydrogens (tertiary/aromatic N) is 2. The molecule has 6 rings (SSSR count). The molecule has 3 heterocycles. The van der Waals surface area contributed by atoms with Crippen molar-refractivity contribution in [2.75, 3.05) is 7.11 Å². The van der Waals surface area contributed by atoms with E-state index in [1.807, 2.05) is 42.5 Å². The maximum Gasteiger partial charge on any atom is 0.336 e. The van der Waals surface area contributed by atoms with Crippen molar-refractivity contribution in [1.82, 2.24) is 9.55 Å². The molecule has 1 saturated carbocycles. The summed E-state index contributed by atoms with van der Waals surface area (Å²) < 4.78 is 12.3. The van der Waals surface area contributed by atoms with Gasteiger partial charge in [0.15, 0.2) is 5.16 Å². The highest BCUT2D eigenvalue weighted by molar-refractivity contribution is 7.98. The minimum absolute atomic E-state index is 0.0379. The molecular formula is C26H20N2O4S2. The van der Waals surface area contributed by atoms with Crippen LogP contribution in [-0.4, -0.2) is 16.7 Å². The number of rotatable bonds is 6. The fourth-order valence-electron chi connectivity index (χ4n) is 4.19. The van der Waals surface area contributed by atoms with Gasteiger partial charge in [0.2, 0.25) is 0 Å². The van der Waals surface area contributed by atoms with Crippen LogP contribution in [0, 0.1) is 0 Å². The molecule has 0 aliphatic heterocycles. The van der Waals surface area contributed by atoms with Crippen LogP contribution < -0.4 is 15.9 Å². The molecule has 1 aliphatic carbocycles. The number of para-hydroxylation sites is 1. The van der Waals surface area contributed by atoms with Crippen LogP contribution in [0.5, 0.6) is 5.75 Å². The van der Waals surface area contributed by atoms with Crippen molar-refractivity contribution < 1.29 is 9.15 Å². The number of aromatic nitrogens is 2. The average molecular weight is 489 g/mol. The number of methoxy groups -OCH3 is 1. The lowest BCUT2D eigenvalue weighted by atomic mass is 10.1. The summed E-state index contributed by atoms with van der Waals surface area (Å²) in [7, 11) is 1.57. The third-order valence-electron chi connectivity index (χ3n) is 6.03. The van der Waals surface area contributed by atoms with E-state index < -0.39 is 5.63 Å². The van der Waals surface area contributed by atoms with Gasteiger partial charge in [-0.05, 0) is 59.5 Å². The minimum atomic E-state index is -0.424. The van der Waals surface area contributed by atoms with Crippen LogP contribution in [-0.2, 0) is 5.75 Å². The largest absolute Gasteiger partial charge is 0.497 e. The normalized spacial score (nSPS) is 13.6. The zero-order chi connectivity index (χ0) is 23.2.